The average molecular weight is 306 g/mol. The van der Waals surface area contributed by atoms with Gasteiger partial charge in [0.2, 0.25) is 0 Å². The van der Waals surface area contributed by atoms with Crippen molar-refractivity contribution in [2.24, 2.45) is 0 Å². The molecule has 0 radical (unpaired) electrons. The Morgan fingerprint density at radius 1 is 1.36 bits per heavy atom. The summed E-state index contributed by atoms with van der Waals surface area (Å²) in [6, 6.07) is 6.22. The van der Waals surface area contributed by atoms with E-state index in [1.807, 2.05) is 36.9 Å². The molecule has 1 N–H and O–H groups in total. The zero-order valence-corrected chi connectivity index (χ0v) is 14.1. The maximum Gasteiger partial charge on any atom is 0.270 e. The molecule has 5 heteroatoms. The van der Waals surface area contributed by atoms with Crippen LogP contribution >= 0.6 is 0 Å². The minimum Gasteiger partial charge on any atom is -0.476 e. The molecule has 1 aliphatic heterocycles. The standard InChI is InChI=1S/C17H26N2O3/c1-12(2)18-13-7-8-15-14(11-13)19(9-6-10-21-5)16(20)17(3,4)22-15/h7-8,11-12,18H,6,9-10H2,1-5H3. The molecule has 1 amide bonds. The van der Waals surface area contributed by atoms with Gasteiger partial charge in [0.25, 0.3) is 5.91 Å². The molecular weight excluding hydrogens is 280 g/mol. The van der Waals surface area contributed by atoms with E-state index < -0.39 is 5.60 Å². The van der Waals surface area contributed by atoms with Gasteiger partial charge >= 0.3 is 0 Å². The van der Waals surface area contributed by atoms with E-state index in [1.54, 1.807) is 7.11 Å². The van der Waals surface area contributed by atoms with Crippen LogP contribution in [0.5, 0.6) is 5.75 Å². The van der Waals surface area contributed by atoms with Crippen LogP contribution in [0.15, 0.2) is 18.2 Å². The molecule has 0 bridgehead atoms. The molecule has 122 valence electrons. The summed E-state index contributed by atoms with van der Waals surface area (Å²) in [6.45, 7) is 9.03. The summed E-state index contributed by atoms with van der Waals surface area (Å²) >= 11 is 0. The van der Waals surface area contributed by atoms with Crippen molar-refractivity contribution in [1.82, 2.24) is 0 Å². The lowest BCUT2D eigenvalue weighted by molar-refractivity contribution is -0.132. The second-order valence-electron chi connectivity index (χ2n) is 6.40. The van der Waals surface area contributed by atoms with Crippen LogP contribution in [0, 0.1) is 0 Å². The van der Waals surface area contributed by atoms with Gasteiger partial charge in [-0.15, -0.1) is 0 Å². The highest BCUT2D eigenvalue weighted by Crippen LogP contribution is 2.39. The van der Waals surface area contributed by atoms with Crippen LogP contribution in [0.25, 0.3) is 0 Å². The van der Waals surface area contributed by atoms with E-state index in [4.69, 9.17) is 9.47 Å². The SMILES string of the molecule is COCCCN1C(=O)C(C)(C)Oc2ccc(NC(C)C)cc21. The summed E-state index contributed by atoms with van der Waals surface area (Å²) in [6.07, 6.45) is 0.791. The Morgan fingerprint density at radius 2 is 2.09 bits per heavy atom. The van der Waals surface area contributed by atoms with E-state index >= 15 is 0 Å². The molecule has 0 spiro atoms. The zero-order valence-electron chi connectivity index (χ0n) is 14.1. The summed E-state index contributed by atoms with van der Waals surface area (Å²) in [4.78, 5) is 14.5. The number of methoxy groups -OCH3 is 1. The number of nitrogens with one attached hydrogen (secondary N) is 1. The first kappa shape index (κ1) is 16.6. The van der Waals surface area contributed by atoms with Crippen LogP contribution in [0.4, 0.5) is 11.4 Å². The lowest BCUT2D eigenvalue weighted by Crippen LogP contribution is -2.52. The van der Waals surface area contributed by atoms with E-state index in [0.717, 1.165) is 23.5 Å². The van der Waals surface area contributed by atoms with Gasteiger partial charge in [-0.1, -0.05) is 0 Å². The molecule has 5 nitrogen and oxygen atoms in total. The summed E-state index contributed by atoms with van der Waals surface area (Å²) in [7, 11) is 1.67. The van der Waals surface area contributed by atoms with Crippen LogP contribution < -0.4 is 15.0 Å². The van der Waals surface area contributed by atoms with Crippen molar-refractivity contribution in [3.63, 3.8) is 0 Å². The van der Waals surface area contributed by atoms with Gasteiger partial charge in [0.05, 0.1) is 5.69 Å². The summed E-state index contributed by atoms with van der Waals surface area (Å²) < 4.78 is 11.0. The summed E-state index contributed by atoms with van der Waals surface area (Å²) in [5, 5.41) is 3.36. The lowest BCUT2D eigenvalue weighted by Gasteiger charge is -2.39. The number of rotatable bonds is 6. The van der Waals surface area contributed by atoms with Crippen LogP contribution in [-0.2, 0) is 9.53 Å². The van der Waals surface area contributed by atoms with Crippen molar-refractivity contribution in [3.8, 4) is 5.75 Å². The number of anilines is 2. The first-order valence-electron chi connectivity index (χ1n) is 7.75. The van der Waals surface area contributed by atoms with E-state index in [2.05, 4.69) is 19.2 Å². The fraction of sp³-hybridized carbons (Fsp3) is 0.588. The first-order chi connectivity index (χ1) is 10.3. The second-order valence-corrected chi connectivity index (χ2v) is 6.40. The Balaban J connectivity index is 2.33. The number of nitrogens with zero attached hydrogens (tertiary/aromatic N) is 1. The maximum atomic E-state index is 12.7. The summed E-state index contributed by atoms with van der Waals surface area (Å²) in [5.41, 5.74) is 0.972. The molecule has 0 unspecified atom stereocenters. The molecule has 2 rings (SSSR count). The van der Waals surface area contributed by atoms with Crippen molar-refractivity contribution in [1.29, 1.82) is 0 Å². The second kappa shape index (κ2) is 6.57. The molecule has 1 heterocycles. The lowest BCUT2D eigenvalue weighted by atomic mass is 10.0. The smallest absolute Gasteiger partial charge is 0.270 e. The molecule has 0 saturated carbocycles. The first-order valence-corrected chi connectivity index (χ1v) is 7.75. The minimum absolute atomic E-state index is 0.0159. The average Bonchev–Trinajstić information content (AvgIpc) is 2.43. The third kappa shape index (κ3) is 3.53. The molecular formula is C17H26N2O3. The minimum atomic E-state index is -0.840. The van der Waals surface area contributed by atoms with E-state index in [-0.39, 0.29) is 5.91 Å². The molecule has 1 aromatic rings. The largest absolute Gasteiger partial charge is 0.476 e. The molecule has 0 fully saturated rings. The number of amides is 1. The Hall–Kier alpha value is -1.75. The number of carbonyl (C=O) groups excluding carboxylic acids is 1. The van der Waals surface area contributed by atoms with Gasteiger partial charge in [0.15, 0.2) is 5.60 Å². The van der Waals surface area contributed by atoms with E-state index in [9.17, 15) is 4.79 Å². The van der Waals surface area contributed by atoms with Gasteiger partial charge in [-0.3, -0.25) is 4.79 Å². The zero-order chi connectivity index (χ0) is 16.3. The van der Waals surface area contributed by atoms with Crippen molar-refractivity contribution in [2.75, 3.05) is 30.5 Å². The highest BCUT2D eigenvalue weighted by Gasteiger charge is 2.40. The van der Waals surface area contributed by atoms with Gasteiger partial charge < -0.3 is 19.7 Å². The predicted octanol–water partition coefficient (Wildman–Crippen LogP) is 3.05. The fourth-order valence-corrected chi connectivity index (χ4v) is 2.58. The van der Waals surface area contributed by atoms with Gasteiger partial charge in [0.1, 0.15) is 5.75 Å². The van der Waals surface area contributed by atoms with Gasteiger partial charge in [-0.05, 0) is 52.3 Å². The number of hydrogen-bond donors (Lipinski definition) is 1. The molecule has 0 atom stereocenters. The Morgan fingerprint density at radius 3 is 2.73 bits per heavy atom. The Labute approximate surface area is 132 Å². The van der Waals surface area contributed by atoms with Crippen LogP contribution in [0.1, 0.15) is 34.1 Å². The molecule has 1 aliphatic rings. The third-order valence-corrected chi connectivity index (χ3v) is 3.56. The number of ether oxygens (including phenoxy) is 2. The molecule has 0 aliphatic carbocycles. The molecule has 0 saturated heterocycles. The Kier molecular flexibility index (Phi) is 4.96. The van der Waals surface area contributed by atoms with Crippen LogP contribution in [0.3, 0.4) is 0 Å². The number of fused-ring (bicyclic) bond motifs is 1. The monoisotopic (exact) mass is 306 g/mol. The normalized spacial score (nSPS) is 16.5. The topological polar surface area (TPSA) is 50.8 Å². The van der Waals surface area contributed by atoms with Crippen molar-refractivity contribution in [3.05, 3.63) is 18.2 Å². The maximum absolute atomic E-state index is 12.7. The number of carbonyl (C=O) groups is 1. The predicted molar refractivity (Wildman–Crippen MR) is 88.8 cm³/mol. The Bertz CT molecular complexity index is 541. The van der Waals surface area contributed by atoms with Gasteiger partial charge in [-0.2, -0.15) is 0 Å². The third-order valence-electron chi connectivity index (χ3n) is 3.56. The van der Waals surface area contributed by atoms with E-state index in [1.165, 1.54) is 0 Å². The van der Waals surface area contributed by atoms with Gasteiger partial charge in [-0.25, -0.2) is 0 Å². The van der Waals surface area contributed by atoms with Crippen molar-refractivity contribution < 1.29 is 14.3 Å². The summed E-state index contributed by atoms with van der Waals surface area (Å²) in [5.74, 6) is 0.731. The highest BCUT2D eigenvalue weighted by molar-refractivity contribution is 6.02. The molecule has 1 aromatic carbocycles. The molecule has 0 aromatic heterocycles. The highest BCUT2D eigenvalue weighted by atomic mass is 16.5. The van der Waals surface area contributed by atoms with Crippen LogP contribution in [-0.4, -0.2) is 37.8 Å². The number of hydrogen-bond acceptors (Lipinski definition) is 4. The van der Waals surface area contributed by atoms with Gasteiger partial charge in [0, 0.05) is 32.0 Å². The van der Waals surface area contributed by atoms with Crippen LogP contribution in [0.2, 0.25) is 0 Å². The van der Waals surface area contributed by atoms with Crippen molar-refractivity contribution >= 4 is 17.3 Å². The quantitative estimate of drug-likeness (QED) is 0.821. The number of benzene rings is 1. The fourth-order valence-electron chi connectivity index (χ4n) is 2.58. The molecule has 22 heavy (non-hydrogen) atoms. The van der Waals surface area contributed by atoms with E-state index in [0.29, 0.717) is 19.2 Å². The van der Waals surface area contributed by atoms with Crippen molar-refractivity contribution in [2.45, 2.75) is 45.8 Å².